The van der Waals surface area contributed by atoms with E-state index in [1.165, 1.54) is 0 Å². The summed E-state index contributed by atoms with van der Waals surface area (Å²) in [6.45, 7) is 9.73. The Balaban J connectivity index is 2.63. The molecule has 132 valence electrons. The SMILES string of the molecule is COC1=N[C@H](CCCC(=O)OC(C)(C)C)C(OC)=N[C@H]1C(C)C. The van der Waals surface area contributed by atoms with Gasteiger partial charge in [0.15, 0.2) is 0 Å². The second kappa shape index (κ2) is 8.31. The molecule has 0 fully saturated rings. The largest absolute Gasteiger partial charge is 0.483 e. The molecule has 1 aliphatic heterocycles. The summed E-state index contributed by atoms with van der Waals surface area (Å²) < 4.78 is 16.1. The van der Waals surface area contributed by atoms with Crippen molar-refractivity contribution in [1.82, 2.24) is 0 Å². The van der Waals surface area contributed by atoms with Crippen molar-refractivity contribution in [2.24, 2.45) is 15.9 Å². The van der Waals surface area contributed by atoms with Crippen molar-refractivity contribution in [3.8, 4) is 0 Å². The number of hydrogen-bond donors (Lipinski definition) is 0. The van der Waals surface area contributed by atoms with E-state index in [2.05, 4.69) is 23.8 Å². The highest BCUT2D eigenvalue weighted by Crippen LogP contribution is 2.20. The van der Waals surface area contributed by atoms with Crippen molar-refractivity contribution in [3.05, 3.63) is 0 Å². The van der Waals surface area contributed by atoms with Gasteiger partial charge in [-0.05, 0) is 39.5 Å². The molecule has 23 heavy (non-hydrogen) atoms. The Morgan fingerprint density at radius 3 is 2.22 bits per heavy atom. The summed E-state index contributed by atoms with van der Waals surface area (Å²) in [6, 6.07) is -0.315. The van der Waals surface area contributed by atoms with Crippen molar-refractivity contribution in [2.75, 3.05) is 14.2 Å². The number of esters is 1. The lowest BCUT2D eigenvalue weighted by atomic mass is 10.0. The van der Waals surface area contributed by atoms with Gasteiger partial charge in [0.25, 0.3) is 0 Å². The number of carbonyl (C=O) groups is 1. The maximum absolute atomic E-state index is 11.8. The number of nitrogens with zero attached hydrogens (tertiary/aromatic N) is 2. The molecule has 0 radical (unpaired) electrons. The lowest BCUT2D eigenvalue weighted by Crippen LogP contribution is -2.37. The summed E-state index contributed by atoms with van der Waals surface area (Å²) in [7, 11) is 3.21. The molecule has 1 aliphatic rings. The average molecular weight is 326 g/mol. The summed E-state index contributed by atoms with van der Waals surface area (Å²) in [5, 5.41) is 0. The lowest BCUT2D eigenvalue weighted by Gasteiger charge is -2.27. The summed E-state index contributed by atoms with van der Waals surface area (Å²) in [4.78, 5) is 21.0. The molecular formula is C17H30N2O4. The van der Waals surface area contributed by atoms with Crippen LogP contribution in [-0.2, 0) is 19.0 Å². The van der Waals surface area contributed by atoms with E-state index < -0.39 is 5.60 Å². The van der Waals surface area contributed by atoms with Crippen molar-refractivity contribution < 1.29 is 19.0 Å². The van der Waals surface area contributed by atoms with Crippen LogP contribution in [0.1, 0.15) is 53.9 Å². The molecule has 2 atom stereocenters. The first-order chi connectivity index (χ1) is 10.7. The molecule has 0 bridgehead atoms. The minimum atomic E-state index is -0.451. The number of aliphatic imine (C=N–C) groups is 2. The molecule has 6 nitrogen and oxygen atoms in total. The van der Waals surface area contributed by atoms with E-state index in [1.807, 2.05) is 20.8 Å². The fourth-order valence-electron chi connectivity index (χ4n) is 2.38. The van der Waals surface area contributed by atoms with E-state index in [1.54, 1.807) is 14.2 Å². The van der Waals surface area contributed by atoms with Crippen LogP contribution in [0.25, 0.3) is 0 Å². The molecule has 0 amide bonds. The monoisotopic (exact) mass is 326 g/mol. The molecule has 0 aromatic carbocycles. The summed E-state index contributed by atoms with van der Waals surface area (Å²) >= 11 is 0. The molecule has 0 aliphatic carbocycles. The second-order valence-electron chi connectivity index (χ2n) is 7.03. The molecule has 0 spiro atoms. The first-order valence-corrected chi connectivity index (χ1v) is 8.13. The zero-order valence-corrected chi connectivity index (χ0v) is 15.4. The van der Waals surface area contributed by atoms with Gasteiger partial charge in [-0.3, -0.25) is 4.79 Å². The highest BCUT2D eigenvalue weighted by Gasteiger charge is 2.30. The number of rotatable bonds is 5. The van der Waals surface area contributed by atoms with Gasteiger partial charge in [0.05, 0.1) is 14.2 Å². The molecular weight excluding hydrogens is 296 g/mol. The van der Waals surface area contributed by atoms with Crippen molar-refractivity contribution >= 4 is 17.8 Å². The first-order valence-electron chi connectivity index (χ1n) is 8.13. The molecule has 0 unspecified atom stereocenters. The number of carbonyl (C=O) groups excluding carboxylic acids is 1. The Bertz CT molecular complexity index is 464. The van der Waals surface area contributed by atoms with Gasteiger partial charge in [0.1, 0.15) is 17.7 Å². The summed E-state index contributed by atoms with van der Waals surface area (Å²) in [5.74, 6) is 1.32. The van der Waals surface area contributed by atoms with E-state index in [0.29, 0.717) is 31.1 Å². The third-order valence-corrected chi connectivity index (χ3v) is 3.42. The minimum Gasteiger partial charge on any atom is -0.483 e. The van der Waals surface area contributed by atoms with E-state index in [-0.39, 0.29) is 24.0 Å². The first kappa shape index (κ1) is 19.5. The molecule has 1 rings (SSSR count). The van der Waals surface area contributed by atoms with Crippen LogP contribution in [-0.4, -0.2) is 49.7 Å². The van der Waals surface area contributed by atoms with Crippen molar-refractivity contribution in [1.29, 1.82) is 0 Å². The number of ether oxygens (including phenoxy) is 3. The molecule has 0 saturated heterocycles. The van der Waals surface area contributed by atoms with Crippen LogP contribution in [0.3, 0.4) is 0 Å². The van der Waals surface area contributed by atoms with Crippen molar-refractivity contribution in [3.63, 3.8) is 0 Å². The Kier molecular flexibility index (Phi) is 7.03. The van der Waals surface area contributed by atoms with Crippen LogP contribution in [0.5, 0.6) is 0 Å². The zero-order valence-electron chi connectivity index (χ0n) is 15.4. The molecule has 1 heterocycles. The summed E-state index contributed by atoms with van der Waals surface area (Å²) in [6.07, 6.45) is 1.69. The Hall–Kier alpha value is -1.59. The predicted molar refractivity (Wildman–Crippen MR) is 91.0 cm³/mol. The standard InChI is InChI=1S/C17H30N2O4/c1-11(2)14-16(22-7)18-12(15(19-14)21-6)9-8-10-13(20)23-17(3,4)5/h11-12,14H,8-10H2,1-7H3/t12-,14+/m1/s1. The van der Waals surface area contributed by atoms with Crippen LogP contribution in [0.2, 0.25) is 0 Å². The maximum Gasteiger partial charge on any atom is 0.306 e. The van der Waals surface area contributed by atoms with Gasteiger partial charge >= 0.3 is 5.97 Å². The lowest BCUT2D eigenvalue weighted by molar-refractivity contribution is -0.154. The predicted octanol–water partition coefficient (Wildman–Crippen LogP) is 3.00. The second-order valence-corrected chi connectivity index (χ2v) is 7.03. The van der Waals surface area contributed by atoms with Crippen molar-refractivity contribution in [2.45, 2.75) is 71.6 Å². The Morgan fingerprint density at radius 1 is 1.13 bits per heavy atom. The Morgan fingerprint density at radius 2 is 1.74 bits per heavy atom. The van der Waals surface area contributed by atoms with Gasteiger partial charge in [-0.1, -0.05) is 13.8 Å². The van der Waals surface area contributed by atoms with E-state index in [4.69, 9.17) is 14.2 Å². The van der Waals surface area contributed by atoms with Crippen LogP contribution in [0, 0.1) is 5.92 Å². The van der Waals surface area contributed by atoms with Gasteiger partial charge in [0, 0.05) is 6.42 Å². The van der Waals surface area contributed by atoms with Gasteiger partial charge in [-0.15, -0.1) is 0 Å². The van der Waals surface area contributed by atoms with Crippen LogP contribution < -0.4 is 0 Å². The molecule has 0 aromatic heterocycles. The fourth-order valence-corrected chi connectivity index (χ4v) is 2.38. The highest BCUT2D eigenvalue weighted by molar-refractivity contribution is 5.94. The topological polar surface area (TPSA) is 69.5 Å². The minimum absolute atomic E-state index is 0.114. The van der Waals surface area contributed by atoms with Gasteiger partial charge in [-0.25, -0.2) is 9.98 Å². The third-order valence-electron chi connectivity index (χ3n) is 3.42. The highest BCUT2D eigenvalue weighted by atomic mass is 16.6. The van der Waals surface area contributed by atoms with Gasteiger partial charge in [-0.2, -0.15) is 0 Å². The fraction of sp³-hybridized carbons (Fsp3) is 0.824. The van der Waals surface area contributed by atoms with Gasteiger partial charge < -0.3 is 14.2 Å². The Labute approximate surface area is 139 Å². The van der Waals surface area contributed by atoms with E-state index in [0.717, 1.165) is 0 Å². The van der Waals surface area contributed by atoms with E-state index >= 15 is 0 Å². The maximum atomic E-state index is 11.8. The van der Waals surface area contributed by atoms with Crippen LogP contribution in [0.4, 0.5) is 0 Å². The molecule has 6 heteroatoms. The normalized spacial score (nSPS) is 21.6. The molecule has 0 saturated carbocycles. The summed E-state index contributed by atoms with van der Waals surface area (Å²) in [5.41, 5.74) is -0.451. The zero-order chi connectivity index (χ0) is 17.6. The third kappa shape index (κ3) is 6.20. The van der Waals surface area contributed by atoms with Gasteiger partial charge in [0.2, 0.25) is 11.8 Å². The quantitative estimate of drug-likeness (QED) is 0.728. The van der Waals surface area contributed by atoms with Crippen LogP contribution >= 0.6 is 0 Å². The average Bonchev–Trinajstić information content (AvgIpc) is 2.44. The van der Waals surface area contributed by atoms with E-state index in [9.17, 15) is 4.79 Å². The molecule has 0 N–H and O–H groups in total. The van der Waals surface area contributed by atoms with Crippen LogP contribution in [0.15, 0.2) is 9.98 Å². The molecule has 0 aromatic rings. The smallest absolute Gasteiger partial charge is 0.306 e. The number of methoxy groups -OCH3 is 2. The number of hydrogen-bond acceptors (Lipinski definition) is 6.